The van der Waals surface area contributed by atoms with E-state index < -0.39 is 30.1 Å². The Morgan fingerprint density at radius 1 is 1.36 bits per heavy atom. The number of hydrogen-bond donors (Lipinski definition) is 2. The second-order valence-electron chi connectivity index (χ2n) is 5.04. The van der Waals surface area contributed by atoms with Gasteiger partial charge in [0, 0.05) is 6.61 Å². The highest BCUT2D eigenvalue weighted by Gasteiger charge is 2.31. The number of urea groups is 1. The second-order valence-corrected chi connectivity index (χ2v) is 5.04. The minimum atomic E-state index is -0.568. The summed E-state index contributed by atoms with van der Waals surface area (Å²) in [6.07, 6.45) is 0.864. The fourth-order valence-electron chi connectivity index (χ4n) is 2.39. The van der Waals surface area contributed by atoms with E-state index in [4.69, 9.17) is 14.2 Å². The highest BCUT2D eigenvalue weighted by molar-refractivity contribution is 5.94. The van der Waals surface area contributed by atoms with Gasteiger partial charge >= 0.3 is 18.0 Å². The molecule has 8 heteroatoms. The van der Waals surface area contributed by atoms with E-state index >= 15 is 0 Å². The van der Waals surface area contributed by atoms with E-state index in [-0.39, 0.29) is 24.5 Å². The van der Waals surface area contributed by atoms with Gasteiger partial charge in [0.2, 0.25) is 0 Å². The summed E-state index contributed by atoms with van der Waals surface area (Å²) in [4.78, 5) is 35.4. The minimum Gasteiger partial charge on any atom is -0.463 e. The van der Waals surface area contributed by atoms with Crippen molar-refractivity contribution in [2.45, 2.75) is 38.8 Å². The third kappa shape index (κ3) is 3.76. The highest BCUT2D eigenvalue weighted by Crippen LogP contribution is 2.17. The Bertz CT molecular complexity index is 496. The van der Waals surface area contributed by atoms with E-state index in [9.17, 15) is 14.4 Å². The van der Waals surface area contributed by atoms with Crippen LogP contribution in [0.4, 0.5) is 4.79 Å². The molecule has 22 heavy (non-hydrogen) atoms. The molecule has 0 aromatic carbocycles. The van der Waals surface area contributed by atoms with Gasteiger partial charge in [-0.25, -0.2) is 14.4 Å². The molecule has 2 aliphatic rings. The Labute approximate surface area is 128 Å². The molecule has 2 atom stereocenters. The molecule has 0 saturated carbocycles. The van der Waals surface area contributed by atoms with Crippen molar-refractivity contribution in [2.75, 3.05) is 19.8 Å². The number of nitrogens with one attached hydrogen (secondary N) is 2. The maximum Gasteiger partial charge on any atom is 0.338 e. The van der Waals surface area contributed by atoms with Crippen LogP contribution in [0.2, 0.25) is 0 Å². The average molecular weight is 312 g/mol. The first kappa shape index (κ1) is 16.3. The van der Waals surface area contributed by atoms with E-state index in [2.05, 4.69) is 10.6 Å². The molecule has 0 aromatic rings. The molecule has 0 aromatic heterocycles. The van der Waals surface area contributed by atoms with Crippen molar-refractivity contribution in [1.82, 2.24) is 10.6 Å². The van der Waals surface area contributed by atoms with E-state index in [1.165, 1.54) is 0 Å². The van der Waals surface area contributed by atoms with Crippen LogP contribution >= 0.6 is 0 Å². The van der Waals surface area contributed by atoms with Crippen molar-refractivity contribution in [3.63, 3.8) is 0 Å². The van der Waals surface area contributed by atoms with Crippen molar-refractivity contribution in [1.29, 1.82) is 0 Å². The van der Waals surface area contributed by atoms with Gasteiger partial charge in [0.05, 0.1) is 23.9 Å². The fourth-order valence-corrected chi connectivity index (χ4v) is 2.39. The smallest absolute Gasteiger partial charge is 0.338 e. The largest absolute Gasteiger partial charge is 0.463 e. The summed E-state index contributed by atoms with van der Waals surface area (Å²) >= 11 is 0. The van der Waals surface area contributed by atoms with Gasteiger partial charge in [-0.1, -0.05) is 0 Å². The van der Waals surface area contributed by atoms with Crippen LogP contribution < -0.4 is 10.6 Å². The zero-order valence-corrected chi connectivity index (χ0v) is 12.6. The SMILES string of the molecule is CCOC(=O)C1=C(COC(=O)[C@@H]2CCCO2)NC(=O)N[C@H]1C. The number of carbonyl (C=O) groups is 3. The molecule has 2 amide bonds. The van der Waals surface area contributed by atoms with Gasteiger partial charge < -0.3 is 24.8 Å². The van der Waals surface area contributed by atoms with Crippen molar-refractivity contribution in [3.8, 4) is 0 Å². The van der Waals surface area contributed by atoms with Crippen LogP contribution in [-0.4, -0.2) is 49.9 Å². The maximum absolute atomic E-state index is 12.0. The van der Waals surface area contributed by atoms with Crippen LogP contribution in [0.3, 0.4) is 0 Å². The van der Waals surface area contributed by atoms with Crippen LogP contribution in [-0.2, 0) is 23.8 Å². The molecular formula is C14H20N2O6. The molecule has 2 heterocycles. The zero-order chi connectivity index (χ0) is 16.1. The normalized spacial score (nSPS) is 24.5. The van der Waals surface area contributed by atoms with Crippen molar-refractivity contribution >= 4 is 18.0 Å². The van der Waals surface area contributed by atoms with Gasteiger partial charge in [0.1, 0.15) is 6.61 Å². The lowest BCUT2D eigenvalue weighted by atomic mass is 10.0. The molecule has 0 aliphatic carbocycles. The molecule has 1 fully saturated rings. The lowest BCUT2D eigenvalue weighted by Crippen LogP contribution is -2.50. The molecular weight excluding hydrogens is 292 g/mol. The number of rotatable bonds is 5. The van der Waals surface area contributed by atoms with Gasteiger partial charge in [-0.05, 0) is 26.7 Å². The first-order chi connectivity index (χ1) is 10.5. The van der Waals surface area contributed by atoms with Gasteiger partial charge in [0.25, 0.3) is 0 Å². The number of hydrogen-bond acceptors (Lipinski definition) is 6. The van der Waals surface area contributed by atoms with Crippen LogP contribution in [0, 0.1) is 0 Å². The van der Waals surface area contributed by atoms with Gasteiger partial charge in [-0.2, -0.15) is 0 Å². The standard InChI is InChI=1S/C14H20N2O6/c1-3-20-13(18)11-8(2)15-14(19)16-9(11)7-22-12(17)10-5-4-6-21-10/h8,10H,3-7H2,1-2H3,(H2,15,16,19)/t8-,10-/m0/s1. The number of amides is 2. The highest BCUT2D eigenvalue weighted by atomic mass is 16.6. The monoisotopic (exact) mass is 312 g/mol. The lowest BCUT2D eigenvalue weighted by Gasteiger charge is -2.26. The summed E-state index contributed by atoms with van der Waals surface area (Å²) < 4.78 is 15.3. The molecule has 8 nitrogen and oxygen atoms in total. The van der Waals surface area contributed by atoms with Crippen LogP contribution in [0.1, 0.15) is 26.7 Å². The van der Waals surface area contributed by atoms with E-state index in [1.807, 2.05) is 0 Å². The van der Waals surface area contributed by atoms with E-state index in [1.54, 1.807) is 13.8 Å². The molecule has 2 N–H and O–H groups in total. The molecule has 0 spiro atoms. The number of esters is 2. The van der Waals surface area contributed by atoms with Crippen LogP contribution in [0.5, 0.6) is 0 Å². The second kappa shape index (κ2) is 7.26. The third-order valence-corrected chi connectivity index (χ3v) is 3.42. The molecule has 0 unspecified atom stereocenters. The van der Waals surface area contributed by atoms with Crippen LogP contribution in [0.25, 0.3) is 0 Å². The molecule has 0 bridgehead atoms. The number of carbonyl (C=O) groups excluding carboxylic acids is 3. The maximum atomic E-state index is 12.0. The van der Waals surface area contributed by atoms with Crippen LogP contribution in [0.15, 0.2) is 11.3 Å². The molecule has 1 saturated heterocycles. The van der Waals surface area contributed by atoms with Gasteiger partial charge in [-0.3, -0.25) is 0 Å². The van der Waals surface area contributed by atoms with Crippen molar-refractivity contribution in [2.24, 2.45) is 0 Å². The topological polar surface area (TPSA) is 103 Å². The molecule has 122 valence electrons. The first-order valence-corrected chi connectivity index (χ1v) is 7.28. The first-order valence-electron chi connectivity index (χ1n) is 7.28. The Kier molecular flexibility index (Phi) is 5.37. The Balaban J connectivity index is 2.07. The fraction of sp³-hybridized carbons (Fsp3) is 0.643. The number of ether oxygens (including phenoxy) is 3. The summed E-state index contributed by atoms with van der Waals surface area (Å²) in [5.41, 5.74) is 0.489. The quantitative estimate of drug-likeness (QED) is 0.704. The minimum absolute atomic E-state index is 0.204. The average Bonchev–Trinajstić information content (AvgIpc) is 2.98. The van der Waals surface area contributed by atoms with Gasteiger partial charge in [-0.15, -0.1) is 0 Å². The summed E-state index contributed by atoms with van der Waals surface area (Å²) in [7, 11) is 0. The van der Waals surface area contributed by atoms with Crippen molar-refractivity contribution < 1.29 is 28.6 Å². The Morgan fingerprint density at radius 2 is 2.14 bits per heavy atom. The summed E-state index contributed by atoms with van der Waals surface area (Å²) in [6, 6.07) is -0.979. The van der Waals surface area contributed by atoms with E-state index in [0.29, 0.717) is 13.0 Å². The summed E-state index contributed by atoms with van der Waals surface area (Å²) in [5, 5.41) is 5.06. The summed E-state index contributed by atoms with van der Waals surface area (Å²) in [6.45, 7) is 3.90. The molecule has 2 aliphatic heterocycles. The van der Waals surface area contributed by atoms with Gasteiger partial charge in [0.15, 0.2) is 6.10 Å². The molecule has 0 radical (unpaired) electrons. The predicted molar refractivity (Wildman–Crippen MR) is 74.7 cm³/mol. The third-order valence-electron chi connectivity index (χ3n) is 3.42. The van der Waals surface area contributed by atoms with Crippen molar-refractivity contribution in [3.05, 3.63) is 11.3 Å². The molecule has 2 rings (SSSR count). The Morgan fingerprint density at radius 3 is 2.77 bits per heavy atom. The zero-order valence-electron chi connectivity index (χ0n) is 12.6. The Hall–Kier alpha value is -2.09. The predicted octanol–water partition coefficient (Wildman–Crippen LogP) is 0.227. The summed E-state index contributed by atoms with van der Waals surface area (Å²) in [5.74, 6) is -1.04. The lowest BCUT2D eigenvalue weighted by molar-refractivity contribution is -0.153. The van der Waals surface area contributed by atoms with E-state index in [0.717, 1.165) is 6.42 Å².